The highest BCUT2D eigenvalue weighted by Crippen LogP contribution is 2.28. The summed E-state index contributed by atoms with van der Waals surface area (Å²) in [5.41, 5.74) is 5.18. The molecule has 2 nitrogen and oxygen atoms in total. The van der Waals surface area contributed by atoms with Crippen LogP contribution in [0.2, 0.25) is 0 Å². The van der Waals surface area contributed by atoms with Gasteiger partial charge in [-0.3, -0.25) is 0 Å². The monoisotopic (exact) mass is 320 g/mol. The van der Waals surface area contributed by atoms with Crippen molar-refractivity contribution in [2.24, 2.45) is 0 Å². The molecule has 1 unspecified atom stereocenters. The second-order valence-electron chi connectivity index (χ2n) is 5.49. The van der Waals surface area contributed by atoms with E-state index in [9.17, 15) is 0 Å². The lowest BCUT2D eigenvalue weighted by Gasteiger charge is -2.19. The average Bonchev–Trinajstić information content (AvgIpc) is 2.83. The molecule has 0 aliphatic carbocycles. The van der Waals surface area contributed by atoms with E-state index in [1.165, 1.54) is 21.0 Å². The van der Waals surface area contributed by atoms with E-state index in [0.717, 1.165) is 24.4 Å². The third-order valence-electron chi connectivity index (χ3n) is 3.26. The normalized spacial score (nSPS) is 12.6. The van der Waals surface area contributed by atoms with E-state index in [-0.39, 0.29) is 0 Å². The van der Waals surface area contributed by atoms with E-state index in [4.69, 9.17) is 0 Å². The molecule has 1 aromatic heterocycles. The number of thioether (sulfide) groups is 1. The predicted octanol–water partition coefficient (Wildman–Crippen LogP) is 4.90. The van der Waals surface area contributed by atoms with Crippen molar-refractivity contribution in [1.82, 2.24) is 10.3 Å². The summed E-state index contributed by atoms with van der Waals surface area (Å²) in [5.74, 6) is 1.02. The lowest BCUT2D eigenvalue weighted by molar-refractivity contribution is 0.577. The van der Waals surface area contributed by atoms with Crippen molar-refractivity contribution < 1.29 is 0 Å². The van der Waals surface area contributed by atoms with E-state index in [1.54, 1.807) is 11.3 Å². The molecule has 1 atom stereocenters. The standard InChI is InChI=1S/C17H24N2S2/c1-5-6-18-16(11-21-17-19-14(4)10-20-17)15-8-12(2)7-13(3)9-15/h7-10,16,18H,5-6,11H2,1-4H3. The van der Waals surface area contributed by atoms with Crippen LogP contribution in [-0.2, 0) is 0 Å². The van der Waals surface area contributed by atoms with Crippen LogP contribution in [0.25, 0.3) is 0 Å². The highest BCUT2D eigenvalue weighted by atomic mass is 32.2. The van der Waals surface area contributed by atoms with Crippen LogP contribution in [0.4, 0.5) is 0 Å². The summed E-state index contributed by atoms with van der Waals surface area (Å²) in [5, 5.41) is 5.79. The maximum absolute atomic E-state index is 4.55. The number of aromatic nitrogens is 1. The fourth-order valence-electron chi connectivity index (χ4n) is 2.36. The Morgan fingerprint density at radius 1 is 1.19 bits per heavy atom. The zero-order valence-electron chi connectivity index (χ0n) is 13.3. The Labute approximate surface area is 136 Å². The number of aryl methyl sites for hydroxylation is 3. The van der Waals surface area contributed by atoms with Gasteiger partial charge in [0.25, 0.3) is 0 Å². The van der Waals surface area contributed by atoms with Crippen molar-refractivity contribution in [2.75, 3.05) is 12.3 Å². The summed E-state index contributed by atoms with van der Waals surface area (Å²) in [4.78, 5) is 4.55. The third kappa shape index (κ3) is 5.13. The maximum Gasteiger partial charge on any atom is 0.150 e. The zero-order chi connectivity index (χ0) is 15.2. The van der Waals surface area contributed by atoms with Gasteiger partial charge in [-0.15, -0.1) is 11.3 Å². The first-order valence-electron chi connectivity index (χ1n) is 7.45. The maximum atomic E-state index is 4.55. The van der Waals surface area contributed by atoms with Crippen molar-refractivity contribution in [3.8, 4) is 0 Å². The highest BCUT2D eigenvalue weighted by Gasteiger charge is 2.13. The summed E-state index contributed by atoms with van der Waals surface area (Å²) >= 11 is 3.59. The molecule has 0 spiro atoms. The van der Waals surface area contributed by atoms with Crippen LogP contribution in [0.5, 0.6) is 0 Å². The number of nitrogens with zero attached hydrogens (tertiary/aromatic N) is 1. The molecule has 0 radical (unpaired) electrons. The molecule has 1 heterocycles. The first-order valence-corrected chi connectivity index (χ1v) is 9.31. The largest absolute Gasteiger partial charge is 0.309 e. The van der Waals surface area contributed by atoms with Gasteiger partial charge in [-0.1, -0.05) is 48.0 Å². The number of hydrogen-bond donors (Lipinski definition) is 1. The van der Waals surface area contributed by atoms with Gasteiger partial charge in [-0.05, 0) is 39.3 Å². The summed E-state index contributed by atoms with van der Waals surface area (Å²) in [6.45, 7) is 9.66. The number of rotatable bonds is 7. The minimum Gasteiger partial charge on any atom is -0.309 e. The SMILES string of the molecule is CCCNC(CSc1nc(C)cs1)c1cc(C)cc(C)c1. The quantitative estimate of drug-likeness (QED) is 0.734. The summed E-state index contributed by atoms with van der Waals surface area (Å²) < 4.78 is 1.17. The second-order valence-corrected chi connectivity index (χ2v) is 7.62. The lowest BCUT2D eigenvalue weighted by atomic mass is 10.0. The van der Waals surface area contributed by atoms with Crippen molar-refractivity contribution in [2.45, 2.75) is 44.5 Å². The predicted molar refractivity (Wildman–Crippen MR) is 94.5 cm³/mol. The van der Waals surface area contributed by atoms with Crippen LogP contribution in [-0.4, -0.2) is 17.3 Å². The zero-order valence-corrected chi connectivity index (χ0v) is 14.9. The van der Waals surface area contributed by atoms with Crippen LogP contribution < -0.4 is 5.32 Å². The summed E-state index contributed by atoms with van der Waals surface area (Å²) in [6.07, 6.45) is 1.16. The fraction of sp³-hybridized carbons (Fsp3) is 0.471. The highest BCUT2D eigenvalue weighted by molar-refractivity contribution is 8.01. The van der Waals surface area contributed by atoms with Crippen LogP contribution in [0.3, 0.4) is 0 Å². The van der Waals surface area contributed by atoms with Gasteiger partial charge in [-0.25, -0.2) is 4.98 Å². The number of nitrogens with one attached hydrogen (secondary N) is 1. The molecule has 2 rings (SSSR count). The molecule has 2 aromatic rings. The molecule has 0 saturated heterocycles. The topological polar surface area (TPSA) is 24.9 Å². The minimum atomic E-state index is 0.387. The molecular formula is C17H24N2S2. The van der Waals surface area contributed by atoms with E-state index < -0.39 is 0 Å². The Balaban J connectivity index is 2.09. The Hall–Kier alpha value is -0.840. The van der Waals surface area contributed by atoms with Gasteiger partial charge in [-0.2, -0.15) is 0 Å². The van der Waals surface area contributed by atoms with Crippen LogP contribution >= 0.6 is 23.1 Å². The average molecular weight is 321 g/mol. The van der Waals surface area contributed by atoms with Crippen molar-refractivity contribution in [1.29, 1.82) is 0 Å². The molecule has 0 fully saturated rings. The molecule has 0 aliphatic heterocycles. The Morgan fingerprint density at radius 2 is 1.90 bits per heavy atom. The molecule has 0 amide bonds. The molecule has 1 aromatic carbocycles. The number of benzene rings is 1. The Kier molecular flexibility index (Phi) is 6.27. The van der Waals surface area contributed by atoms with Crippen LogP contribution in [0, 0.1) is 20.8 Å². The molecular weight excluding hydrogens is 296 g/mol. The van der Waals surface area contributed by atoms with Gasteiger partial charge >= 0.3 is 0 Å². The first kappa shape index (κ1) is 16.5. The van der Waals surface area contributed by atoms with Gasteiger partial charge < -0.3 is 5.32 Å². The van der Waals surface area contributed by atoms with Crippen molar-refractivity contribution >= 4 is 23.1 Å². The van der Waals surface area contributed by atoms with Gasteiger partial charge in [0.05, 0.1) is 0 Å². The van der Waals surface area contributed by atoms with Gasteiger partial charge in [0.15, 0.2) is 0 Å². The van der Waals surface area contributed by atoms with E-state index in [0.29, 0.717) is 6.04 Å². The Bertz CT molecular complexity index is 558. The van der Waals surface area contributed by atoms with Crippen molar-refractivity contribution in [3.63, 3.8) is 0 Å². The molecule has 0 aliphatic rings. The molecule has 0 saturated carbocycles. The van der Waals surface area contributed by atoms with E-state index in [2.05, 4.69) is 61.6 Å². The second kappa shape index (κ2) is 7.97. The van der Waals surface area contributed by atoms with Gasteiger partial charge in [0, 0.05) is 22.9 Å². The fourth-order valence-corrected chi connectivity index (χ4v) is 4.33. The van der Waals surface area contributed by atoms with Crippen LogP contribution in [0.1, 0.15) is 41.8 Å². The van der Waals surface area contributed by atoms with Crippen LogP contribution in [0.15, 0.2) is 27.9 Å². The lowest BCUT2D eigenvalue weighted by Crippen LogP contribution is -2.24. The first-order chi connectivity index (χ1) is 10.1. The van der Waals surface area contributed by atoms with E-state index >= 15 is 0 Å². The molecule has 4 heteroatoms. The summed E-state index contributed by atoms with van der Waals surface area (Å²) in [6, 6.07) is 7.22. The van der Waals surface area contributed by atoms with E-state index in [1.807, 2.05) is 11.8 Å². The number of thiazole rings is 1. The third-order valence-corrected chi connectivity index (χ3v) is 5.49. The van der Waals surface area contributed by atoms with Crippen molar-refractivity contribution in [3.05, 3.63) is 46.0 Å². The van der Waals surface area contributed by atoms with Gasteiger partial charge in [0.1, 0.15) is 4.34 Å². The summed E-state index contributed by atoms with van der Waals surface area (Å²) in [7, 11) is 0. The smallest absolute Gasteiger partial charge is 0.150 e. The molecule has 1 N–H and O–H groups in total. The minimum absolute atomic E-state index is 0.387. The Morgan fingerprint density at radius 3 is 2.48 bits per heavy atom. The number of hydrogen-bond acceptors (Lipinski definition) is 4. The molecule has 21 heavy (non-hydrogen) atoms. The van der Waals surface area contributed by atoms with Gasteiger partial charge in [0.2, 0.25) is 0 Å². The molecule has 114 valence electrons. The molecule has 0 bridgehead atoms.